The maximum absolute atomic E-state index is 13.6. The lowest BCUT2D eigenvalue weighted by Crippen LogP contribution is -2.22. The maximum atomic E-state index is 13.6. The lowest BCUT2D eigenvalue weighted by molar-refractivity contribution is -0.139. The van der Waals surface area contributed by atoms with Crippen molar-refractivity contribution in [3.05, 3.63) is 53.7 Å². The molecule has 118 valence electrons. The zero-order valence-electron chi connectivity index (χ0n) is 12.4. The van der Waals surface area contributed by atoms with Gasteiger partial charge in [0.15, 0.2) is 0 Å². The summed E-state index contributed by atoms with van der Waals surface area (Å²) >= 11 is 0. The Hall–Kier alpha value is -2.83. The van der Waals surface area contributed by atoms with Gasteiger partial charge < -0.3 is 9.64 Å². The predicted molar refractivity (Wildman–Crippen MR) is 78.1 cm³/mol. The van der Waals surface area contributed by atoms with Gasteiger partial charge >= 0.3 is 0 Å². The normalized spacial score (nSPS) is 17.7. The second-order valence-corrected chi connectivity index (χ2v) is 5.26. The number of carbonyl (C=O) groups excluding carboxylic acids is 2. The van der Waals surface area contributed by atoms with Crippen LogP contribution in [0.1, 0.15) is 17.2 Å². The van der Waals surface area contributed by atoms with Gasteiger partial charge in [0.25, 0.3) is 5.91 Å². The van der Waals surface area contributed by atoms with Crippen molar-refractivity contribution in [2.24, 2.45) is 0 Å². The Morgan fingerprint density at radius 3 is 2.78 bits per heavy atom. The quantitative estimate of drug-likeness (QED) is 0.796. The van der Waals surface area contributed by atoms with E-state index < -0.39 is 17.6 Å². The van der Waals surface area contributed by atoms with Crippen LogP contribution in [0, 0.1) is 5.82 Å². The Balaban J connectivity index is 1.74. The number of ketones is 1. The SMILES string of the molecule is CN1CC(c2cc(OCc3ccccc3F)ncn2)C(=O)C1=O. The van der Waals surface area contributed by atoms with Gasteiger partial charge in [-0.1, -0.05) is 18.2 Å². The van der Waals surface area contributed by atoms with Gasteiger partial charge in [-0.05, 0) is 6.07 Å². The van der Waals surface area contributed by atoms with E-state index in [1.54, 1.807) is 25.2 Å². The average Bonchev–Trinajstić information content (AvgIpc) is 2.82. The Labute approximate surface area is 131 Å². The van der Waals surface area contributed by atoms with E-state index in [0.29, 0.717) is 11.3 Å². The molecule has 0 bridgehead atoms. The summed E-state index contributed by atoms with van der Waals surface area (Å²) < 4.78 is 19.0. The fraction of sp³-hybridized carbons (Fsp3) is 0.250. The molecule has 1 unspecified atom stereocenters. The number of aromatic nitrogens is 2. The number of ether oxygens (including phenoxy) is 1. The first kappa shape index (κ1) is 15.1. The molecule has 1 atom stereocenters. The number of nitrogens with zero attached hydrogens (tertiary/aromatic N) is 3. The maximum Gasteiger partial charge on any atom is 0.290 e. The number of likely N-dealkylation sites (N-methyl/N-ethyl adjacent to an activating group) is 1. The molecule has 7 heteroatoms. The van der Waals surface area contributed by atoms with Crippen LogP contribution < -0.4 is 4.74 Å². The van der Waals surface area contributed by atoms with Crippen molar-refractivity contribution in [3.63, 3.8) is 0 Å². The second-order valence-electron chi connectivity index (χ2n) is 5.26. The lowest BCUT2D eigenvalue weighted by Gasteiger charge is -2.10. The van der Waals surface area contributed by atoms with Crippen molar-refractivity contribution in [3.8, 4) is 5.88 Å². The highest BCUT2D eigenvalue weighted by atomic mass is 19.1. The van der Waals surface area contributed by atoms with Crippen LogP contribution in [0.15, 0.2) is 36.7 Å². The summed E-state index contributed by atoms with van der Waals surface area (Å²) in [4.78, 5) is 32.8. The van der Waals surface area contributed by atoms with Crippen LogP contribution in [-0.4, -0.2) is 40.2 Å². The molecule has 0 radical (unpaired) electrons. The first-order chi connectivity index (χ1) is 11.1. The first-order valence-corrected chi connectivity index (χ1v) is 7.03. The molecule has 23 heavy (non-hydrogen) atoms. The van der Waals surface area contributed by atoms with Crippen LogP contribution in [-0.2, 0) is 16.2 Å². The van der Waals surface area contributed by atoms with Gasteiger partial charge in [-0.15, -0.1) is 0 Å². The topological polar surface area (TPSA) is 72.4 Å². The van der Waals surface area contributed by atoms with Gasteiger partial charge in [0.05, 0.1) is 11.6 Å². The van der Waals surface area contributed by atoms with Gasteiger partial charge in [0, 0.05) is 25.2 Å². The smallest absolute Gasteiger partial charge is 0.290 e. The highest BCUT2D eigenvalue weighted by Gasteiger charge is 2.38. The van der Waals surface area contributed by atoms with Crippen LogP contribution in [0.4, 0.5) is 4.39 Å². The molecular weight excluding hydrogens is 301 g/mol. The van der Waals surface area contributed by atoms with Crippen LogP contribution in [0.3, 0.4) is 0 Å². The number of carbonyl (C=O) groups is 2. The molecule has 0 saturated carbocycles. The van der Waals surface area contributed by atoms with Crippen LogP contribution in [0.5, 0.6) is 5.88 Å². The molecule has 3 rings (SSSR count). The van der Waals surface area contributed by atoms with E-state index in [1.165, 1.54) is 23.4 Å². The number of rotatable bonds is 4. The summed E-state index contributed by atoms with van der Waals surface area (Å²) in [5, 5.41) is 0. The Morgan fingerprint density at radius 1 is 1.30 bits per heavy atom. The van der Waals surface area contributed by atoms with Gasteiger partial charge in [0.1, 0.15) is 18.8 Å². The van der Waals surface area contributed by atoms with E-state index in [9.17, 15) is 14.0 Å². The number of amides is 1. The third-order valence-corrected chi connectivity index (χ3v) is 3.68. The molecule has 0 N–H and O–H groups in total. The van der Waals surface area contributed by atoms with Crippen LogP contribution in [0.25, 0.3) is 0 Å². The standard InChI is InChI=1S/C16H14FN3O3/c1-20-7-11(15(21)16(20)22)13-6-14(19-9-18-13)23-8-10-4-2-3-5-12(10)17/h2-6,9,11H,7-8H2,1H3. The fourth-order valence-corrected chi connectivity index (χ4v) is 2.39. The fourth-order valence-electron chi connectivity index (χ4n) is 2.39. The minimum Gasteiger partial charge on any atom is -0.473 e. The molecule has 1 aromatic heterocycles. The highest BCUT2D eigenvalue weighted by molar-refractivity contribution is 6.40. The zero-order valence-corrected chi connectivity index (χ0v) is 12.4. The van der Waals surface area contributed by atoms with E-state index in [1.807, 2.05) is 0 Å². The number of halogens is 1. The zero-order chi connectivity index (χ0) is 16.4. The van der Waals surface area contributed by atoms with Gasteiger partial charge in [0.2, 0.25) is 11.7 Å². The molecule has 2 aromatic rings. The molecule has 6 nitrogen and oxygen atoms in total. The molecular formula is C16H14FN3O3. The van der Waals surface area contributed by atoms with E-state index in [0.717, 1.165) is 0 Å². The molecule has 1 aromatic carbocycles. The molecule has 2 heterocycles. The number of hydrogen-bond donors (Lipinski definition) is 0. The largest absolute Gasteiger partial charge is 0.473 e. The van der Waals surface area contributed by atoms with E-state index in [4.69, 9.17) is 4.74 Å². The average molecular weight is 315 g/mol. The second kappa shape index (κ2) is 6.12. The number of benzene rings is 1. The molecule has 1 saturated heterocycles. The van der Waals surface area contributed by atoms with Crippen molar-refractivity contribution in [2.75, 3.05) is 13.6 Å². The van der Waals surface area contributed by atoms with Gasteiger partial charge in [-0.25, -0.2) is 14.4 Å². The summed E-state index contributed by atoms with van der Waals surface area (Å²) in [6.07, 6.45) is 1.27. The monoisotopic (exact) mass is 315 g/mol. The number of Topliss-reactive ketones (excluding diaryl/α,β-unsaturated/α-hetero) is 1. The molecule has 1 amide bonds. The third-order valence-electron chi connectivity index (χ3n) is 3.68. The minimum absolute atomic E-state index is 0.0145. The van der Waals surface area contributed by atoms with E-state index >= 15 is 0 Å². The molecule has 1 fully saturated rings. The van der Waals surface area contributed by atoms with Crippen molar-refractivity contribution in [1.29, 1.82) is 0 Å². The van der Waals surface area contributed by atoms with Gasteiger partial charge in [-0.3, -0.25) is 9.59 Å². The first-order valence-electron chi connectivity index (χ1n) is 7.03. The summed E-state index contributed by atoms with van der Waals surface area (Å²) in [6.45, 7) is 0.294. The summed E-state index contributed by atoms with van der Waals surface area (Å²) in [6, 6.07) is 7.79. The summed E-state index contributed by atoms with van der Waals surface area (Å²) in [7, 11) is 1.57. The summed E-state index contributed by atoms with van der Waals surface area (Å²) in [5.74, 6) is -1.77. The molecule has 1 aliphatic rings. The van der Waals surface area contributed by atoms with Crippen molar-refractivity contribution in [2.45, 2.75) is 12.5 Å². The number of hydrogen-bond acceptors (Lipinski definition) is 5. The van der Waals surface area contributed by atoms with E-state index in [-0.39, 0.29) is 24.8 Å². The minimum atomic E-state index is -0.619. The van der Waals surface area contributed by atoms with Crippen LogP contribution in [0.2, 0.25) is 0 Å². The third kappa shape index (κ3) is 3.03. The van der Waals surface area contributed by atoms with E-state index in [2.05, 4.69) is 9.97 Å². The van der Waals surface area contributed by atoms with Crippen molar-refractivity contribution < 1.29 is 18.7 Å². The van der Waals surface area contributed by atoms with Crippen molar-refractivity contribution >= 4 is 11.7 Å². The summed E-state index contributed by atoms with van der Waals surface area (Å²) in [5.41, 5.74) is 0.825. The Morgan fingerprint density at radius 2 is 2.09 bits per heavy atom. The molecule has 1 aliphatic heterocycles. The lowest BCUT2D eigenvalue weighted by atomic mass is 10.0. The molecule has 0 aliphatic carbocycles. The Kier molecular flexibility index (Phi) is 4.01. The van der Waals surface area contributed by atoms with Crippen molar-refractivity contribution in [1.82, 2.24) is 14.9 Å². The predicted octanol–water partition coefficient (Wildman–Crippen LogP) is 1.32. The number of likely N-dealkylation sites (tertiary alicyclic amines) is 1. The van der Waals surface area contributed by atoms with Gasteiger partial charge in [-0.2, -0.15) is 0 Å². The van der Waals surface area contributed by atoms with Crippen LogP contribution >= 0.6 is 0 Å². The molecule has 0 spiro atoms. The highest BCUT2D eigenvalue weighted by Crippen LogP contribution is 2.24. The Bertz CT molecular complexity index is 766.